The molecular weight excluding hydrogens is 366 g/mol. The number of nitrogens with one attached hydrogen (secondary N) is 1. The Kier molecular flexibility index (Phi) is 4.49. The van der Waals surface area contributed by atoms with Gasteiger partial charge in [-0.25, -0.2) is 14.8 Å². The summed E-state index contributed by atoms with van der Waals surface area (Å²) < 4.78 is 2.19. The van der Waals surface area contributed by atoms with Crippen molar-refractivity contribution in [3.63, 3.8) is 0 Å². The maximum Gasteiger partial charge on any atom is 0.320 e. The van der Waals surface area contributed by atoms with Crippen LogP contribution in [-0.4, -0.2) is 74.1 Å². The zero-order chi connectivity index (χ0) is 20.0. The van der Waals surface area contributed by atoms with Crippen molar-refractivity contribution in [2.45, 2.75) is 38.1 Å². The number of urea groups is 1. The Morgan fingerprint density at radius 1 is 1.28 bits per heavy atom. The second-order valence-corrected chi connectivity index (χ2v) is 8.26. The van der Waals surface area contributed by atoms with Gasteiger partial charge in [-0.3, -0.25) is 9.39 Å². The predicted molar refractivity (Wildman–Crippen MR) is 112 cm³/mol. The van der Waals surface area contributed by atoms with Crippen LogP contribution in [-0.2, 0) is 0 Å². The van der Waals surface area contributed by atoms with Gasteiger partial charge in [0.2, 0.25) is 0 Å². The first kappa shape index (κ1) is 18.1. The molecular formula is C21H27N7O. The molecule has 5 heterocycles. The van der Waals surface area contributed by atoms with Crippen molar-refractivity contribution in [1.29, 1.82) is 0 Å². The molecule has 3 aromatic heterocycles. The summed E-state index contributed by atoms with van der Waals surface area (Å²) in [5.74, 6) is 1.67. The Balaban J connectivity index is 1.46. The molecule has 0 spiro atoms. The number of carbonyl (C=O) groups is 1. The van der Waals surface area contributed by atoms with Gasteiger partial charge >= 0.3 is 6.03 Å². The van der Waals surface area contributed by atoms with Crippen LogP contribution in [0.25, 0.3) is 16.7 Å². The zero-order valence-corrected chi connectivity index (χ0v) is 17.0. The fourth-order valence-electron chi connectivity index (χ4n) is 4.88. The number of piperidine rings is 1. The van der Waals surface area contributed by atoms with Crippen LogP contribution in [0.5, 0.6) is 0 Å². The van der Waals surface area contributed by atoms with Gasteiger partial charge in [0.15, 0.2) is 5.65 Å². The van der Waals surface area contributed by atoms with E-state index >= 15 is 0 Å². The molecule has 1 N–H and O–H groups in total. The molecule has 29 heavy (non-hydrogen) atoms. The van der Waals surface area contributed by atoms with Crippen molar-refractivity contribution in [3.8, 4) is 0 Å². The highest BCUT2D eigenvalue weighted by atomic mass is 16.2. The number of H-pyrrole nitrogens is 1. The molecule has 2 fully saturated rings. The minimum absolute atomic E-state index is 0.128. The number of aliphatic imine (C=N–C) groups is 1. The Labute approximate surface area is 169 Å². The maximum atomic E-state index is 13.3. The monoisotopic (exact) mass is 393 g/mol. The summed E-state index contributed by atoms with van der Waals surface area (Å²) in [6.07, 6.45) is 10.6. The van der Waals surface area contributed by atoms with Crippen LogP contribution in [0.1, 0.15) is 37.9 Å². The first-order valence-electron chi connectivity index (χ1n) is 10.4. The van der Waals surface area contributed by atoms with E-state index in [-0.39, 0.29) is 18.0 Å². The second-order valence-electron chi connectivity index (χ2n) is 8.26. The first-order chi connectivity index (χ1) is 14.2. The van der Waals surface area contributed by atoms with Crippen molar-refractivity contribution in [2.75, 3.05) is 26.7 Å². The van der Waals surface area contributed by atoms with Crippen molar-refractivity contribution >= 4 is 28.9 Å². The first-order valence-corrected chi connectivity index (χ1v) is 10.4. The van der Waals surface area contributed by atoms with E-state index in [1.54, 1.807) is 7.05 Å². The van der Waals surface area contributed by atoms with Gasteiger partial charge in [-0.2, -0.15) is 0 Å². The van der Waals surface area contributed by atoms with E-state index in [0.29, 0.717) is 12.5 Å². The van der Waals surface area contributed by atoms with E-state index in [4.69, 9.17) is 4.98 Å². The number of amides is 2. The fourth-order valence-corrected chi connectivity index (χ4v) is 4.88. The highest BCUT2D eigenvalue weighted by molar-refractivity contribution is 5.80. The lowest BCUT2D eigenvalue weighted by Gasteiger charge is -2.39. The third kappa shape index (κ3) is 2.97. The smallest absolute Gasteiger partial charge is 0.320 e. The van der Waals surface area contributed by atoms with Gasteiger partial charge in [0.05, 0.1) is 29.5 Å². The average molecular weight is 393 g/mol. The lowest BCUT2D eigenvalue weighted by molar-refractivity contribution is 0.128. The molecule has 0 radical (unpaired) electrons. The zero-order valence-electron chi connectivity index (χ0n) is 17.0. The van der Waals surface area contributed by atoms with E-state index in [1.165, 1.54) is 0 Å². The molecule has 0 saturated carbocycles. The highest BCUT2D eigenvalue weighted by Gasteiger charge is 2.37. The standard InChI is InChI=1S/C21H27N7O/c1-14-6-9-26(21(29)27-8-3-4-15(27)10-22-2)13-17(14)20-25-12-16-11-24-19-18(28(16)20)5-7-23-19/h5,7,10-12,14-15,17,23H,3-4,6,8-9,13H2,1-2H3. The van der Waals surface area contributed by atoms with Crippen LogP contribution in [0, 0.1) is 5.92 Å². The fraction of sp³-hybridized carbons (Fsp3) is 0.524. The second kappa shape index (κ2) is 7.17. The van der Waals surface area contributed by atoms with Crippen LogP contribution in [0.2, 0.25) is 0 Å². The number of aromatic nitrogens is 4. The number of rotatable bonds is 2. The van der Waals surface area contributed by atoms with Gasteiger partial charge in [-0.15, -0.1) is 0 Å². The number of aromatic amines is 1. The molecule has 3 unspecified atom stereocenters. The summed E-state index contributed by atoms with van der Waals surface area (Å²) in [7, 11) is 1.78. The molecule has 0 aromatic carbocycles. The van der Waals surface area contributed by atoms with Crippen molar-refractivity contribution in [3.05, 3.63) is 30.5 Å². The predicted octanol–water partition coefficient (Wildman–Crippen LogP) is 2.92. The van der Waals surface area contributed by atoms with E-state index in [2.05, 4.69) is 26.3 Å². The summed E-state index contributed by atoms with van der Waals surface area (Å²) in [5, 5.41) is 0. The van der Waals surface area contributed by atoms with E-state index in [1.807, 2.05) is 40.7 Å². The summed E-state index contributed by atoms with van der Waals surface area (Å²) in [4.78, 5) is 33.9. The molecule has 8 heteroatoms. The Bertz CT molecular complexity index is 1070. The molecule has 2 aliphatic rings. The minimum atomic E-state index is 0.128. The van der Waals surface area contributed by atoms with Crippen molar-refractivity contribution in [1.82, 2.24) is 29.2 Å². The molecule has 5 rings (SSSR count). The topological polar surface area (TPSA) is 81.9 Å². The van der Waals surface area contributed by atoms with Crippen LogP contribution in [0.3, 0.4) is 0 Å². The Morgan fingerprint density at radius 2 is 2.14 bits per heavy atom. The third-order valence-corrected chi connectivity index (χ3v) is 6.51. The normalized spacial score (nSPS) is 25.7. The maximum absolute atomic E-state index is 13.3. The van der Waals surface area contributed by atoms with E-state index < -0.39 is 0 Å². The summed E-state index contributed by atoms with van der Waals surface area (Å²) in [5.41, 5.74) is 2.87. The molecule has 2 saturated heterocycles. The van der Waals surface area contributed by atoms with Crippen LogP contribution < -0.4 is 0 Å². The molecule has 152 valence electrons. The molecule has 8 nitrogen and oxygen atoms in total. The Morgan fingerprint density at radius 3 is 3.00 bits per heavy atom. The number of nitrogens with zero attached hydrogens (tertiary/aromatic N) is 6. The SMILES string of the molecule is CN=CC1CCCN1C(=O)N1CCC(C)C(c2ncc3cnc4[nH]ccc4n23)C1. The lowest BCUT2D eigenvalue weighted by Crippen LogP contribution is -2.50. The molecule has 0 aliphatic carbocycles. The van der Waals surface area contributed by atoms with Crippen molar-refractivity contribution in [2.24, 2.45) is 10.9 Å². The molecule has 2 aliphatic heterocycles. The number of hydrogen-bond donors (Lipinski definition) is 1. The van der Waals surface area contributed by atoms with Gasteiger partial charge in [0.1, 0.15) is 5.82 Å². The largest absolute Gasteiger partial charge is 0.345 e. The lowest BCUT2D eigenvalue weighted by atomic mass is 9.86. The van der Waals surface area contributed by atoms with Gasteiger partial charge in [0.25, 0.3) is 0 Å². The van der Waals surface area contributed by atoms with E-state index in [9.17, 15) is 4.79 Å². The summed E-state index contributed by atoms with van der Waals surface area (Å²) in [6.45, 7) is 4.58. The number of imidazole rings is 1. The third-order valence-electron chi connectivity index (χ3n) is 6.51. The van der Waals surface area contributed by atoms with Crippen molar-refractivity contribution < 1.29 is 4.79 Å². The number of likely N-dealkylation sites (tertiary alicyclic amines) is 2. The summed E-state index contributed by atoms with van der Waals surface area (Å²) >= 11 is 0. The van der Waals surface area contributed by atoms with Gasteiger partial charge in [0, 0.05) is 45.0 Å². The molecule has 3 aromatic rings. The van der Waals surface area contributed by atoms with Crippen LogP contribution in [0.4, 0.5) is 4.79 Å². The average Bonchev–Trinajstić information content (AvgIpc) is 3.46. The molecule has 3 atom stereocenters. The van der Waals surface area contributed by atoms with E-state index in [0.717, 1.165) is 54.9 Å². The van der Waals surface area contributed by atoms with Gasteiger partial charge in [-0.05, 0) is 31.2 Å². The van der Waals surface area contributed by atoms with Crippen LogP contribution >= 0.6 is 0 Å². The van der Waals surface area contributed by atoms with Gasteiger partial charge in [-0.1, -0.05) is 6.92 Å². The molecule has 2 amide bonds. The quantitative estimate of drug-likeness (QED) is 0.680. The van der Waals surface area contributed by atoms with Gasteiger partial charge < -0.3 is 14.8 Å². The highest BCUT2D eigenvalue weighted by Crippen LogP contribution is 2.34. The van der Waals surface area contributed by atoms with Crippen LogP contribution in [0.15, 0.2) is 29.6 Å². The number of carbonyl (C=O) groups excluding carboxylic acids is 1. The Hall–Kier alpha value is -2.90. The minimum Gasteiger partial charge on any atom is -0.345 e. The molecule has 0 bridgehead atoms. The summed E-state index contributed by atoms with van der Waals surface area (Å²) in [6, 6.07) is 2.30. The number of fused-ring (bicyclic) bond motifs is 3. The number of hydrogen-bond acceptors (Lipinski definition) is 4.